The summed E-state index contributed by atoms with van der Waals surface area (Å²) in [6.07, 6.45) is 1.91. The van der Waals surface area contributed by atoms with Crippen LogP contribution >= 0.6 is 15.2 Å². The number of nitrogens with one attached hydrogen (secondary N) is 1. The standard InChI is InChI=1S/C7H11NO7P2/c9-7(16(10,11)12,17(13,14)15)4-6-2-1-3-8-5-6/h1-3,5,9H,4H2,(H2,10,11,12)(H2,13,14,15)/p+1. The van der Waals surface area contributed by atoms with Crippen molar-refractivity contribution in [2.45, 2.75) is 11.5 Å². The maximum atomic E-state index is 11.0. The second-order valence-electron chi connectivity index (χ2n) is 3.45. The van der Waals surface area contributed by atoms with E-state index in [1.807, 2.05) is 0 Å². The molecule has 0 spiro atoms. The first-order valence-corrected chi connectivity index (χ1v) is 7.59. The predicted octanol–water partition coefficient (Wildman–Crippen LogP) is -0.955. The number of hydrogen-bond acceptors (Lipinski definition) is 3. The fraction of sp³-hybridized carbons (Fsp3) is 0.286. The smallest absolute Gasteiger partial charge is 0.367 e. The van der Waals surface area contributed by atoms with Gasteiger partial charge in [-0.25, -0.2) is 4.98 Å². The van der Waals surface area contributed by atoms with E-state index < -0.39 is 26.7 Å². The van der Waals surface area contributed by atoms with Gasteiger partial charge in [0, 0.05) is 18.1 Å². The van der Waals surface area contributed by atoms with Gasteiger partial charge in [0.1, 0.15) is 0 Å². The Kier molecular flexibility index (Phi) is 3.91. The summed E-state index contributed by atoms with van der Waals surface area (Å²) in [6.45, 7) is 0. The van der Waals surface area contributed by atoms with Crippen molar-refractivity contribution in [1.29, 1.82) is 0 Å². The van der Waals surface area contributed by atoms with E-state index >= 15 is 0 Å². The van der Waals surface area contributed by atoms with Crippen LogP contribution in [0.25, 0.3) is 0 Å². The lowest BCUT2D eigenvalue weighted by Gasteiger charge is -2.28. The summed E-state index contributed by atoms with van der Waals surface area (Å²) in [5, 5.41) is 6.19. The second-order valence-corrected chi connectivity index (χ2v) is 7.46. The first-order chi connectivity index (χ1) is 7.58. The molecule has 0 unspecified atom stereocenters. The lowest BCUT2D eigenvalue weighted by molar-refractivity contribution is -0.378. The average molecular weight is 284 g/mol. The van der Waals surface area contributed by atoms with Gasteiger partial charge in [-0.05, 0) is 6.07 Å². The van der Waals surface area contributed by atoms with Crippen LogP contribution in [0.1, 0.15) is 5.56 Å². The van der Waals surface area contributed by atoms with E-state index in [1.165, 1.54) is 24.5 Å². The monoisotopic (exact) mass is 284 g/mol. The molecule has 1 aromatic rings. The number of rotatable bonds is 4. The zero-order valence-electron chi connectivity index (χ0n) is 8.46. The lowest BCUT2D eigenvalue weighted by Crippen LogP contribution is -2.31. The fourth-order valence-electron chi connectivity index (χ4n) is 1.19. The van der Waals surface area contributed by atoms with Crippen molar-refractivity contribution in [3.8, 4) is 0 Å². The van der Waals surface area contributed by atoms with Gasteiger partial charge in [-0.15, -0.1) is 0 Å². The third-order valence-corrected chi connectivity index (χ3v) is 5.89. The molecule has 96 valence electrons. The molecule has 0 aromatic carbocycles. The van der Waals surface area contributed by atoms with Gasteiger partial charge in [0.2, 0.25) is 0 Å². The number of hydrogen-bond donors (Lipinski definition) is 5. The molecule has 0 radical (unpaired) electrons. The Labute approximate surface area is 96.3 Å². The van der Waals surface area contributed by atoms with E-state index in [0.717, 1.165) is 0 Å². The van der Waals surface area contributed by atoms with Crippen LogP contribution in [0.15, 0.2) is 24.5 Å². The molecule has 0 aliphatic rings. The Morgan fingerprint density at radius 2 is 1.71 bits per heavy atom. The van der Waals surface area contributed by atoms with E-state index in [2.05, 4.69) is 4.98 Å². The molecule has 0 fully saturated rings. The molecular weight excluding hydrogens is 272 g/mol. The molecular formula is C7H12NO7P2+. The molecule has 8 nitrogen and oxygen atoms in total. The molecule has 10 heteroatoms. The molecule has 1 heterocycles. The molecule has 0 atom stereocenters. The molecule has 0 aliphatic carbocycles. The molecule has 0 aliphatic heterocycles. The molecule has 1 rings (SSSR count). The number of H-pyrrole nitrogens is 1. The molecule has 17 heavy (non-hydrogen) atoms. The summed E-state index contributed by atoms with van der Waals surface area (Å²) in [5.41, 5.74) is 0.154. The van der Waals surface area contributed by atoms with Crippen LogP contribution in [0.3, 0.4) is 0 Å². The minimum Gasteiger partial charge on any atom is -0.367 e. The molecule has 6 N–H and O–H groups in total. The lowest BCUT2D eigenvalue weighted by atomic mass is 10.2. The predicted molar refractivity (Wildman–Crippen MR) is 55.7 cm³/mol. The average Bonchev–Trinajstić information content (AvgIpc) is 2.15. The van der Waals surface area contributed by atoms with Gasteiger partial charge in [0.05, 0.1) is 0 Å². The topological polar surface area (TPSA) is 149 Å². The fourth-order valence-corrected chi connectivity index (χ4v) is 3.32. The highest BCUT2D eigenvalue weighted by atomic mass is 31.2. The molecule has 1 aromatic heterocycles. The van der Waals surface area contributed by atoms with Gasteiger partial charge in [-0.2, -0.15) is 0 Å². The minimum absolute atomic E-state index is 0.154. The van der Waals surface area contributed by atoms with Crippen LogP contribution < -0.4 is 4.98 Å². The highest BCUT2D eigenvalue weighted by molar-refractivity contribution is 7.72. The van der Waals surface area contributed by atoms with Crippen molar-refractivity contribution >= 4 is 15.2 Å². The quantitative estimate of drug-likeness (QED) is 0.447. The molecule has 0 saturated heterocycles. The summed E-state index contributed by atoms with van der Waals surface area (Å²) in [4.78, 5) is 38.1. The van der Waals surface area contributed by atoms with Crippen LogP contribution in [-0.4, -0.2) is 29.8 Å². The van der Waals surface area contributed by atoms with Crippen molar-refractivity contribution in [1.82, 2.24) is 0 Å². The van der Waals surface area contributed by atoms with E-state index in [0.29, 0.717) is 0 Å². The molecule has 0 amide bonds. The Morgan fingerprint density at radius 1 is 1.18 bits per heavy atom. The van der Waals surface area contributed by atoms with Crippen molar-refractivity contribution in [3.63, 3.8) is 0 Å². The Balaban J connectivity index is 3.20. The van der Waals surface area contributed by atoms with Gasteiger partial charge in [0.25, 0.3) is 5.08 Å². The van der Waals surface area contributed by atoms with Crippen molar-refractivity contribution in [2.24, 2.45) is 0 Å². The summed E-state index contributed by atoms with van der Waals surface area (Å²) in [6, 6.07) is 2.84. The van der Waals surface area contributed by atoms with Gasteiger partial charge < -0.3 is 24.7 Å². The van der Waals surface area contributed by atoms with Crippen molar-refractivity contribution < 1.29 is 38.8 Å². The Bertz CT molecular complexity index is 456. The minimum atomic E-state index is -5.40. The van der Waals surface area contributed by atoms with Crippen LogP contribution in [-0.2, 0) is 15.6 Å². The Hall–Kier alpha value is -0.590. The van der Waals surface area contributed by atoms with Gasteiger partial charge >= 0.3 is 15.2 Å². The van der Waals surface area contributed by atoms with E-state index in [1.54, 1.807) is 0 Å². The van der Waals surface area contributed by atoms with Crippen LogP contribution in [0.4, 0.5) is 0 Å². The summed E-state index contributed by atoms with van der Waals surface area (Å²) < 4.78 is 22.1. The summed E-state index contributed by atoms with van der Waals surface area (Å²) >= 11 is 0. The van der Waals surface area contributed by atoms with Crippen molar-refractivity contribution in [3.05, 3.63) is 30.1 Å². The number of aromatic amines is 1. The molecule has 0 saturated carbocycles. The first-order valence-electron chi connectivity index (χ1n) is 4.36. The van der Waals surface area contributed by atoms with Crippen LogP contribution in [0, 0.1) is 0 Å². The van der Waals surface area contributed by atoms with Crippen LogP contribution in [0.5, 0.6) is 0 Å². The van der Waals surface area contributed by atoms with E-state index in [-0.39, 0.29) is 5.56 Å². The summed E-state index contributed by atoms with van der Waals surface area (Å²) in [7, 11) is -10.8. The maximum Gasteiger partial charge on any atom is 0.369 e. The highest BCUT2D eigenvalue weighted by Gasteiger charge is 2.59. The second kappa shape index (κ2) is 4.59. The maximum absolute atomic E-state index is 11.0. The number of aliphatic hydroxyl groups is 1. The van der Waals surface area contributed by atoms with E-state index in [4.69, 9.17) is 19.6 Å². The van der Waals surface area contributed by atoms with Gasteiger partial charge in [0.15, 0.2) is 12.4 Å². The summed E-state index contributed by atoms with van der Waals surface area (Å²) in [5.74, 6) is 0. The van der Waals surface area contributed by atoms with Crippen molar-refractivity contribution in [2.75, 3.05) is 0 Å². The number of pyridine rings is 1. The van der Waals surface area contributed by atoms with Crippen LogP contribution in [0.2, 0.25) is 0 Å². The Morgan fingerprint density at radius 3 is 2.06 bits per heavy atom. The van der Waals surface area contributed by atoms with E-state index in [9.17, 15) is 14.2 Å². The zero-order valence-corrected chi connectivity index (χ0v) is 10.3. The highest BCUT2D eigenvalue weighted by Crippen LogP contribution is 2.68. The largest absolute Gasteiger partial charge is 0.369 e. The van der Waals surface area contributed by atoms with Gasteiger partial charge in [-0.1, -0.05) is 0 Å². The SMILES string of the molecule is O=P(O)(O)C(O)(Cc1ccc[nH+]c1)P(=O)(O)O. The molecule has 0 bridgehead atoms. The number of aromatic nitrogens is 1. The third-order valence-electron chi connectivity index (χ3n) is 2.15. The first kappa shape index (κ1) is 14.5. The normalized spacial score (nSPS) is 13.7. The third kappa shape index (κ3) is 3.00. The zero-order chi connectivity index (χ0) is 13.3. The van der Waals surface area contributed by atoms with Gasteiger partial charge in [-0.3, -0.25) is 9.13 Å².